The Kier molecular flexibility index (Phi) is 5.56. The third-order valence-electron chi connectivity index (χ3n) is 3.50. The molecular weight excluding hydrogens is 390 g/mol. The van der Waals surface area contributed by atoms with Crippen molar-refractivity contribution in [2.75, 3.05) is 0 Å². The molecule has 0 saturated heterocycles. The highest BCUT2D eigenvalue weighted by Crippen LogP contribution is 2.33. The number of hydrazine groups is 1. The van der Waals surface area contributed by atoms with Crippen molar-refractivity contribution in [3.63, 3.8) is 0 Å². The number of ether oxygens (including phenoxy) is 1. The van der Waals surface area contributed by atoms with E-state index >= 15 is 0 Å². The van der Waals surface area contributed by atoms with Gasteiger partial charge in [0, 0.05) is 16.7 Å². The van der Waals surface area contributed by atoms with Gasteiger partial charge in [-0.15, -0.1) is 0 Å². The lowest BCUT2D eigenvalue weighted by Crippen LogP contribution is -2.41. The van der Waals surface area contributed by atoms with Gasteiger partial charge in [0.25, 0.3) is 5.91 Å². The molecule has 0 aliphatic rings. The number of carbonyl (C=O) groups excluding carboxylic acids is 2. The molecule has 0 bridgehead atoms. The normalized spacial score (nSPS) is 10.2. The van der Waals surface area contributed by atoms with Gasteiger partial charge in [0.05, 0.1) is 11.2 Å². The second kappa shape index (κ2) is 8.23. The highest BCUT2D eigenvalue weighted by Gasteiger charge is 2.17. The summed E-state index contributed by atoms with van der Waals surface area (Å²) in [5.74, 6) is -0.829. The first-order valence-corrected chi connectivity index (χ1v) is 8.18. The largest absolute Gasteiger partial charge is 0.459 e. The van der Waals surface area contributed by atoms with Crippen LogP contribution in [0, 0.1) is 10.1 Å². The summed E-state index contributed by atoms with van der Waals surface area (Å²) in [5, 5.41) is 11.3. The molecule has 0 atom stereocenters. The minimum absolute atomic E-state index is 0.0114. The van der Waals surface area contributed by atoms with Crippen molar-refractivity contribution in [3.8, 4) is 11.5 Å². The molecule has 2 N–H and O–H groups in total. The summed E-state index contributed by atoms with van der Waals surface area (Å²) in [5.41, 5.74) is 4.41. The molecule has 2 aromatic carbocycles. The first-order valence-electron chi connectivity index (χ1n) is 7.80. The predicted molar refractivity (Wildman–Crippen MR) is 98.3 cm³/mol. The summed E-state index contributed by atoms with van der Waals surface area (Å²) in [6.07, 6.45) is 1.33. The van der Waals surface area contributed by atoms with E-state index in [2.05, 4.69) is 10.9 Å². The zero-order chi connectivity index (χ0) is 20.1. The van der Waals surface area contributed by atoms with Crippen LogP contribution in [0.5, 0.6) is 11.5 Å². The molecule has 3 aromatic rings. The van der Waals surface area contributed by atoms with E-state index in [1.807, 2.05) is 0 Å². The zero-order valence-electron chi connectivity index (χ0n) is 14.0. The van der Waals surface area contributed by atoms with E-state index in [4.69, 9.17) is 20.8 Å². The minimum atomic E-state index is -0.606. The smallest absolute Gasteiger partial charge is 0.313 e. The van der Waals surface area contributed by atoms with E-state index < -0.39 is 16.7 Å². The average molecular weight is 402 g/mol. The number of hydrogen-bond acceptors (Lipinski definition) is 6. The molecular formula is C18H12ClN3O6. The third kappa shape index (κ3) is 4.46. The molecule has 0 saturated carbocycles. The summed E-state index contributed by atoms with van der Waals surface area (Å²) < 4.78 is 10.4. The Morgan fingerprint density at radius 1 is 1.04 bits per heavy atom. The van der Waals surface area contributed by atoms with Crippen LogP contribution in [0.2, 0.25) is 5.02 Å². The number of nitrogens with zero attached hydrogens (tertiary/aromatic N) is 1. The summed E-state index contributed by atoms with van der Waals surface area (Å²) in [4.78, 5) is 34.3. The van der Waals surface area contributed by atoms with Gasteiger partial charge < -0.3 is 9.15 Å². The van der Waals surface area contributed by atoms with Gasteiger partial charge in [-0.05, 0) is 48.5 Å². The Morgan fingerprint density at radius 2 is 1.75 bits per heavy atom. The second-order valence-electron chi connectivity index (χ2n) is 5.38. The third-order valence-corrected chi connectivity index (χ3v) is 3.73. The Labute approximate surface area is 163 Å². The Morgan fingerprint density at radius 3 is 2.39 bits per heavy atom. The fourth-order valence-corrected chi connectivity index (χ4v) is 2.34. The van der Waals surface area contributed by atoms with Gasteiger partial charge in [-0.2, -0.15) is 0 Å². The van der Waals surface area contributed by atoms with Gasteiger partial charge in [0.2, 0.25) is 5.75 Å². The van der Waals surface area contributed by atoms with Crippen molar-refractivity contribution >= 4 is 29.1 Å². The van der Waals surface area contributed by atoms with Crippen LogP contribution >= 0.6 is 11.6 Å². The monoisotopic (exact) mass is 401 g/mol. The van der Waals surface area contributed by atoms with E-state index in [0.717, 1.165) is 0 Å². The van der Waals surface area contributed by atoms with E-state index in [1.54, 1.807) is 6.07 Å². The number of nitrogens with one attached hydrogen (secondary N) is 2. The maximum atomic E-state index is 12.1. The van der Waals surface area contributed by atoms with Crippen LogP contribution in [0.4, 0.5) is 5.69 Å². The van der Waals surface area contributed by atoms with Crippen molar-refractivity contribution in [2.45, 2.75) is 0 Å². The van der Waals surface area contributed by atoms with Crippen LogP contribution in [0.3, 0.4) is 0 Å². The molecule has 10 heteroatoms. The molecule has 0 unspecified atom stereocenters. The maximum absolute atomic E-state index is 12.1. The molecule has 2 amide bonds. The predicted octanol–water partition coefficient (Wildman–Crippen LogP) is 3.71. The van der Waals surface area contributed by atoms with Crippen molar-refractivity contribution < 1.29 is 23.7 Å². The quantitative estimate of drug-likeness (QED) is 0.496. The van der Waals surface area contributed by atoms with Crippen molar-refractivity contribution in [3.05, 3.63) is 87.3 Å². The van der Waals surface area contributed by atoms with Crippen LogP contribution in [-0.4, -0.2) is 16.7 Å². The first-order chi connectivity index (χ1) is 13.4. The minimum Gasteiger partial charge on any atom is -0.459 e. The molecule has 0 radical (unpaired) electrons. The van der Waals surface area contributed by atoms with Gasteiger partial charge >= 0.3 is 11.6 Å². The number of halogens is 1. The van der Waals surface area contributed by atoms with E-state index in [1.165, 1.54) is 54.8 Å². The first kappa shape index (κ1) is 18.9. The van der Waals surface area contributed by atoms with Gasteiger partial charge in [0.1, 0.15) is 5.75 Å². The summed E-state index contributed by atoms with van der Waals surface area (Å²) in [7, 11) is 0. The van der Waals surface area contributed by atoms with Crippen LogP contribution in [0.15, 0.2) is 65.3 Å². The molecule has 0 aliphatic carbocycles. The number of furan rings is 1. The lowest BCUT2D eigenvalue weighted by molar-refractivity contribution is -0.385. The number of carbonyl (C=O) groups is 2. The topological polar surface area (TPSA) is 124 Å². The molecule has 0 spiro atoms. The number of rotatable bonds is 5. The second-order valence-corrected chi connectivity index (χ2v) is 5.82. The number of nitro benzene ring substituents is 1. The average Bonchev–Trinajstić information content (AvgIpc) is 3.22. The lowest BCUT2D eigenvalue weighted by atomic mass is 10.2. The van der Waals surface area contributed by atoms with Gasteiger partial charge in [-0.3, -0.25) is 30.6 Å². The van der Waals surface area contributed by atoms with Crippen LogP contribution < -0.4 is 15.6 Å². The number of benzene rings is 2. The van der Waals surface area contributed by atoms with Crippen molar-refractivity contribution in [1.82, 2.24) is 10.9 Å². The zero-order valence-corrected chi connectivity index (χ0v) is 14.8. The van der Waals surface area contributed by atoms with Gasteiger partial charge in [-0.25, -0.2) is 0 Å². The molecule has 1 aromatic heterocycles. The molecule has 28 heavy (non-hydrogen) atoms. The highest BCUT2D eigenvalue weighted by atomic mass is 35.5. The fraction of sp³-hybridized carbons (Fsp3) is 0. The summed E-state index contributed by atoms with van der Waals surface area (Å²) in [6.45, 7) is 0. The fourth-order valence-electron chi connectivity index (χ4n) is 2.18. The Hall–Kier alpha value is -3.85. The molecule has 142 valence electrons. The Bertz CT molecular complexity index is 1020. The molecule has 0 fully saturated rings. The summed E-state index contributed by atoms with van der Waals surface area (Å²) in [6, 6.07) is 12.8. The van der Waals surface area contributed by atoms with Crippen LogP contribution in [-0.2, 0) is 0 Å². The Balaban J connectivity index is 1.64. The van der Waals surface area contributed by atoms with Crippen molar-refractivity contribution in [2.24, 2.45) is 0 Å². The van der Waals surface area contributed by atoms with Crippen LogP contribution in [0.1, 0.15) is 20.9 Å². The van der Waals surface area contributed by atoms with Crippen molar-refractivity contribution in [1.29, 1.82) is 0 Å². The molecule has 1 heterocycles. The summed E-state index contributed by atoms with van der Waals surface area (Å²) >= 11 is 5.76. The van der Waals surface area contributed by atoms with E-state index in [9.17, 15) is 19.7 Å². The number of nitro groups is 1. The molecule has 0 aliphatic heterocycles. The van der Waals surface area contributed by atoms with Gasteiger partial charge in [0.15, 0.2) is 5.76 Å². The molecule has 9 nitrogen and oxygen atoms in total. The van der Waals surface area contributed by atoms with E-state index in [-0.39, 0.29) is 33.5 Å². The van der Waals surface area contributed by atoms with Crippen LogP contribution in [0.25, 0.3) is 0 Å². The lowest BCUT2D eigenvalue weighted by Gasteiger charge is -2.08. The van der Waals surface area contributed by atoms with E-state index in [0.29, 0.717) is 0 Å². The number of amides is 2. The standard InChI is InChI=1S/C18H12ClN3O6/c19-12-5-8-15(14(10-12)22(25)26)28-13-6-3-11(4-7-13)17(23)20-21-18(24)16-2-1-9-27-16/h1-10H,(H,20,23)(H,21,24). The maximum Gasteiger partial charge on any atom is 0.313 e. The van der Waals surface area contributed by atoms with Gasteiger partial charge in [-0.1, -0.05) is 11.6 Å². The molecule has 3 rings (SSSR count). The highest BCUT2D eigenvalue weighted by molar-refractivity contribution is 6.30. The SMILES string of the molecule is O=C(NNC(=O)c1ccco1)c1ccc(Oc2ccc(Cl)cc2[N+](=O)[O-])cc1. The number of hydrogen-bond donors (Lipinski definition) is 2.